The van der Waals surface area contributed by atoms with Gasteiger partial charge in [0.1, 0.15) is 0 Å². The summed E-state index contributed by atoms with van der Waals surface area (Å²) >= 11 is 0. The zero-order valence-electron chi connectivity index (χ0n) is 9.55. The van der Waals surface area contributed by atoms with Gasteiger partial charge in [0, 0.05) is 6.61 Å². The Hall–Kier alpha value is -0.0400. The second-order valence-electron chi connectivity index (χ2n) is 4.52. The minimum Gasteiger partial charge on any atom is -0.396 e. The number of rotatable bonds is 8. The average Bonchev–Trinajstić information content (AvgIpc) is 2.10. The van der Waals surface area contributed by atoms with Crippen LogP contribution >= 0.6 is 0 Å². The SMILES string of the molecule is CCC[C@@H](CO)CCCCC(C)C. The molecule has 0 saturated heterocycles. The maximum absolute atomic E-state index is 9.07. The molecular formula is C12H26O. The molecule has 0 spiro atoms. The first-order valence-corrected chi connectivity index (χ1v) is 5.81. The largest absolute Gasteiger partial charge is 0.396 e. The molecule has 13 heavy (non-hydrogen) atoms. The van der Waals surface area contributed by atoms with Crippen LogP contribution in [0.15, 0.2) is 0 Å². The molecule has 0 radical (unpaired) electrons. The van der Waals surface area contributed by atoms with E-state index in [2.05, 4.69) is 20.8 Å². The highest BCUT2D eigenvalue weighted by Crippen LogP contribution is 2.16. The molecule has 0 aromatic heterocycles. The van der Waals surface area contributed by atoms with E-state index in [-0.39, 0.29) is 0 Å². The molecule has 1 N–H and O–H groups in total. The van der Waals surface area contributed by atoms with Gasteiger partial charge in [-0.05, 0) is 24.7 Å². The van der Waals surface area contributed by atoms with E-state index < -0.39 is 0 Å². The van der Waals surface area contributed by atoms with Gasteiger partial charge in [0.25, 0.3) is 0 Å². The minimum atomic E-state index is 0.384. The Morgan fingerprint density at radius 3 is 2.08 bits per heavy atom. The number of hydrogen-bond acceptors (Lipinski definition) is 1. The van der Waals surface area contributed by atoms with Gasteiger partial charge in [-0.3, -0.25) is 0 Å². The minimum absolute atomic E-state index is 0.384. The molecular weight excluding hydrogens is 160 g/mol. The van der Waals surface area contributed by atoms with E-state index in [0.717, 1.165) is 5.92 Å². The van der Waals surface area contributed by atoms with Gasteiger partial charge in [-0.2, -0.15) is 0 Å². The topological polar surface area (TPSA) is 20.2 Å². The molecule has 0 heterocycles. The van der Waals surface area contributed by atoms with E-state index in [4.69, 9.17) is 5.11 Å². The van der Waals surface area contributed by atoms with Crippen molar-refractivity contribution in [2.75, 3.05) is 6.61 Å². The van der Waals surface area contributed by atoms with Crippen LogP contribution in [0.3, 0.4) is 0 Å². The van der Waals surface area contributed by atoms with Crippen LogP contribution in [0.2, 0.25) is 0 Å². The van der Waals surface area contributed by atoms with E-state index in [0.29, 0.717) is 12.5 Å². The summed E-state index contributed by atoms with van der Waals surface area (Å²) in [4.78, 5) is 0. The molecule has 1 nitrogen and oxygen atoms in total. The van der Waals surface area contributed by atoms with Gasteiger partial charge < -0.3 is 5.11 Å². The fourth-order valence-electron chi connectivity index (χ4n) is 1.72. The lowest BCUT2D eigenvalue weighted by molar-refractivity contribution is 0.206. The lowest BCUT2D eigenvalue weighted by atomic mass is 9.96. The summed E-state index contributed by atoms with van der Waals surface area (Å²) in [5.74, 6) is 1.40. The van der Waals surface area contributed by atoms with Crippen LogP contribution in [-0.4, -0.2) is 11.7 Å². The molecule has 80 valence electrons. The summed E-state index contributed by atoms with van der Waals surface area (Å²) in [6.45, 7) is 7.12. The molecule has 1 atom stereocenters. The third-order valence-electron chi connectivity index (χ3n) is 2.60. The lowest BCUT2D eigenvalue weighted by Gasteiger charge is -2.12. The van der Waals surface area contributed by atoms with Crippen molar-refractivity contribution in [3.8, 4) is 0 Å². The van der Waals surface area contributed by atoms with Gasteiger partial charge in [-0.1, -0.05) is 46.5 Å². The molecule has 0 unspecified atom stereocenters. The summed E-state index contributed by atoms with van der Waals surface area (Å²) in [5.41, 5.74) is 0. The van der Waals surface area contributed by atoms with Crippen LogP contribution in [0, 0.1) is 11.8 Å². The first-order chi connectivity index (χ1) is 6.20. The zero-order chi connectivity index (χ0) is 10.1. The Morgan fingerprint density at radius 1 is 1.00 bits per heavy atom. The zero-order valence-corrected chi connectivity index (χ0v) is 9.55. The molecule has 0 aliphatic heterocycles. The molecule has 0 bridgehead atoms. The molecule has 0 rings (SSSR count). The van der Waals surface area contributed by atoms with Gasteiger partial charge >= 0.3 is 0 Å². The Bertz CT molecular complexity index is 99.3. The Balaban J connectivity index is 3.27. The fourth-order valence-corrected chi connectivity index (χ4v) is 1.72. The highest BCUT2D eigenvalue weighted by atomic mass is 16.3. The van der Waals surface area contributed by atoms with Gasteiger partial charge in [0.2, 0.25) is 0 Å². The average molecular weight is 186 g/mol. The van der Waals surface area contributed by atoms with Crippen LogP contribution < -0.4 is 0 Å². The number of unbranched alkanes of at least 4 members (excludes halogenated alkanes) is 1. The lowest BCUT2D eigenvalue weighted by Crippen LogP contribution is -2.05. The van der Waals surface area contributed by atoms with Gasteiger partial charge in [-0.25, -0.2) is 0 Å². The van der Waals surface area contributed by atoms with Crippen molar-refractivity contribution in [2.45, 2.75) is 59.3 Å². The quantitative estimate of drug-likeness (QED) is 0.574. The predicted molar refractivity (Wildman–Crippen MR) is 58.8 cm³/mol. The summed E-state index contributed by atoms with van der Waals surface area (Å²) < 4.78 is 0. The second kappa shape index (κ2) is 8.55. The molecule has 0 aromatic rings. The van der Waals surface area contributed by atoms with E-state index in [1.54, 1.807) is 0 Å². The molecule has 0 aromatic carbocycles. The van der Waals surface area contributed by atoms with Crippen molar-refractivity contribution in [3.05, 3.63) is 0 Å². The summed E-state index contributed by atoms with van der Waals surface area (Å²) in [6, 6.07) is 0. The van der Waals surface area contributed by atoms with Crippen molar-refractivity contribution in [2.24, 2.45) is 11.8 Å². The highest BCUT2D eigenvalue weighted by Gasteiger charge is 2.05. The molecule has 0 fully saturated rings. The highest BCUT2D eigenvalue weighted by molar-refractivity contribution is 4.57. The van der Waals surface area contributed by atoms with Crippen molar-refractivity contribution < 1.29 is 5.11 Å². The monoisotopic (exact) mass is 186 g/mol. The van der Waals surface area contributed by atoms with Crippen LogP contribution in [0.1, 0.15) is 59.3 Å². The number of aliphatic hydroxyl groups is 1. The molecule has 0 aliphatic rings. The van der Waals surface area contributed by atoms with Crippen molar-refractivity contribution in [3.63, 3.8) is 0 Å². The Labute approximate surface area is 83.5 Å². The van der Waals surface area contributed by atoms with Gasteiger partial charge in [0.15, 0.2) is 0 Å². The fraction of sp³-hybridized carbons (Fsp3) is 1.00. The maximum atomic E-state index is 9.07. The summed E-state index contributed by atoms with van der Waals surface area (Å²) in [6.07, 6.45) is 7.58. The predicted octanol–water partition coefficient (Wildman–Crippen LogP) is 3.61. The third kappa shape index (κ3) is 8.29. The van der Waals surface area contributed by atoms with E-state index in [9.17, 15) is 0 Å². The normalized spacial score (nSPS) is 13.6. The smallest absolute Gasteiger partial charge is 0.0459 e. The second-order valence-corrected chi connectivity index (χ2v) is 4.52. The van der Waals surface area contributed by atoms with E-state index >= 15 is 0 Å². The summed E-state index contributed by atoms with van der Waals surface area (Å²) in [7, 11) is 0. The Morgan fingerprint density at radius 2 is 1.62 bits per heavy atom. The molecule has 1 heteroatoms. The first kappa shape index (κ1) is 13.0. The van der Waals surface area contributed by atoms with Crippen molar-refractivity contribution in [1.29, 1.82) is 0 Å². The van der Waals surface area contributed by atoms with E-state index in [1.807, 2.05) is 0 Å². The summed E-state index contributed by atoms with van der Waals surface area (Å²) in [5, 5.41) is 9.07. The third-order valence-corrected chi connectivity index (χ3v) is 2.60. The molecule has 0 aliphatic carbocycles. The van der Waals surface area contributed by atoms with E-state index in [1.165, 1.54) is 38.5 Å². The van der Waals surface area contributed by atoms with Gasteiger partial charge in [0.05, 0.1) is 0 Å². The van der Waals surface area contributed by atoms with Gasteiger partial charge in [-0.15, -0.1) is 0 Å². The van der Waals surface area contributed by atoms with Crippen LogP contribution in [0.4, 0.5) is 0 Å². The number of aliphatic hydroxyl groups excluding tert-OH is 1. The molecule has 0 amide bonds. The number of hydrogen-bond donors (Lipinski definition) is 1. The van der Waals surface area contributed by atoms with Crippen LogP contribution in [0.25, 0.3) is 0 Å². The molecule has 0 saturated carbocycles. The van der Waals surface area contributed by atoms with Crippen LogP contribution in [-0.2, 0) is 0 Å². The Kier molecular flexibility index (Phi) is 8.53. The first-order valence-electron chi connectivity index (χ1n) is 5.81. The van der Waals surface area contributed by atoms with Crippen molar-refractivity contribution >= 4 is 0 Å². The standard InChI is InChI=1S/C12H26O/c1-4-7-12(10-13)9-6-5-8-11(2)3/h11-13H,4-10H2,1-3H3/t12-/m1/s1. The maximum Gasteiger partial charge on any atom is 0.0459 e. The van der Waals surface area contributed by atoms with Crippen molar-refractivity contribution in [1.82, 2.24) is 0 Å². The van der Waals surface area contributed by atoms with Crippen LogP contribution in [0.5, 0.6) is 0 Å².